The second kappa shape index (κ2) is 31.5. The van der Waals surface area contributed by atoms with E-state index < -0.39 is 5.97 Å². The van der Waals surface area contributed by atoms with Crippen LogP contribution in [0, 0.1) is 0 Å². The van der Waals surface area contributed by atoms with Gasteiger partial charge in [0.15, 0.2) is 0 Å². The highest BCUT2D eigenvalue weighted by Gasteiger charge is 2.11. The van der Waals surface area contributed by atoms with E-state index in [-0.39, 0.29) is 24.5 Å². The van der Waals surface area contributed by atoms with Gasteiger partial charge in [-0.2, -0.15) is 0 Å². The van der Waals surface area contributed by atoms with Crippen LogP contribution < -0.4 is 5.32 Å². The summed E-state index contributed by atoms with van der Waals surface area (Å²) in [4.78, 5) is 34.4. The van der Waals surface area contributed by atoms with Crippen molar-refractivity contribution in [2.45, 2.75) is 123 Å². The maximum absolute atomic E-state index is 12.4. The minimum Gasteiger partial charge on any atom is -0.480 e. The molecular weight excluding hydrogens is 538 g/mol. The Balaban J connectivity index is 4.06. The first-order chi connectivity index (χ1) is 21.0. The fraction of sp³-hybridized carbons (Fsp3) is 0.541. The van der Waals surface area contributed by atoms with Gasteiger partial charge in [-0.3, -0.25) is 14.4 Å². The zero-order valence-corrected chi connectivity index (χ0v) is 26.8. The summed E-state index contributed by atoms with van der Waals surface area (Å²) in [5.41, 5.74) is 0. The summed E-state index contributed by atoms with van der Waals surface area (Å²) < 4.78 is 5.72. The number of allylic oxidation sites excluding steroid dienone is 13. The van der Waals surface area contributed by atoms with Crippen molar-refractivity contribution in [3.63, 3.8) is 0 Å². The van der Waals surface area contributed by atoms with E-state index in [0.29, 0.717) is 25.7 Å². The number of amides is 1. The molecule has 0 saturated carbocycles. The smallest absolute Gasteiger partial charge is 0.322 e. The van der Waals surface area contributed by atoms with Crippen molar-refractivity contribution in [2.75, 3.05) is 6.54 Å². The number of aliphatic carboxylic acids is 1. The molecule has 0 fully saturated rings. The number of hydrogen-bond acceptors (Lipinski definition) is 4. The number of carbonyl (C=O) groups excluding carboxylic acids is 2. The third-order valence-corrected chi connectivity index (χ3v) is 6.28. The first-order valence-electron chi connectivity index (χ1n) is 16.2. The average Bonchev–Trinajstić information content (AvgIpc) is 2.98. The SMILES string of the molecule is CC/C=C\C/C=C\C/C=C\C/C=C\C/C=C\C/C=C\CCC(=O)OC(/C=C\CCC)CCCCCCC(=O)NCC(=O)O. The molecule has 0 bridgehead atoms. The second-order valence-electron chi connectivity index (χ2n) is 10.3. The Morgan fingerprint density at radius 2 is 1.19 bits per heavy atom. The molecular formula is C37H57NO5. The molecule has 0 aliphatic rings. The number of esters is 1. The van der Waals surface area contributed by atoms with Gasteiger partial charge in [-0.15, -0.1) is 0 Å². The van der Waals surface area contributed by atoms with Crippen molar-refractivity contribution >= 4 is 17.8 Å². The molecule has 1 amide bonds. The fourth-order valence-corrected chi connectivity index (χ4v) is 3.92. The van der Waals surface area contributed by atoms with Gasteiger partial charge in [0.1, 0.15) is 12.6 Å². The number of unbranched alkanes of at least 4 members (excludes halogenated alkanes) is 4. The Morgan fingerprint density at radius 3 is 1.72 bits per heavy atom. The van der Waals surface area contributed by atoms with Gasteiger partial charge in [-0.25, -0.2) is 0 Å². The lowest BCUT2D eigenvalue weighted by atomic mass is 10.1. The fourth-order valence-electron chi connectivity index (χ4n) is 3.92. The molecule has 0 saturated heterocycles. The maximum atomic E-state index is 12.4. The van der Waals surface area contributed by atoms with Gasteiger partial charge >= 0.3 is 11.9 Å². The van der Waals surface area contributed by atoms with E-state index in [1.165, 1.54) is 0 Å². The minimum atomic E-state index is -1.04. The number of carboxylic acids is 1. The Bertz CT molecular complexity index is 923. The van der Waals surface area contributed by atoms with Crippen LogP contribution in [0.3, 0.4) is 0 Å². The van der Waals surface area contributed by atoms with Gasteiger partial charge in [0.05, 0.1) is 0 Å². The van der Waals surface area contributed by atoms with Crippen LogP contribution in [0.4, 0.5) is 0 Å². The molecule has 6 nitrogen and oxygen atoms in total. The van der Waals surface area contributed by atoms with Crippen LogP contribution >= 0.6 is 0 Å². The van der Waals surface area contributed by atoms with E-state index in [0.717, 1.165) is 77.0 Å². The summed E-state index contributed by atoms with van der Waals surface area (Å²) in [6, 6.07) is 0. The molecule has 0 rings (SSSR count). The summed E-state index contributed by atoms with van der Waals surface area (Å²) in [7, 11) is 0. The topological polar surface area (TPSA) is 92.7 Å². The number of nitrogens with one attached hydrogen (secondary N) is 1. The standard InChI is InChI=1S/C37H57NO5/c1-3-5-7-8-9-10-11-12-13-14-15-16-17-18-19-20-21-22-28-32-37(42)43-34(29-25-6-4-2)30-26-23-24-27-31-35(39)38-33-36(40)41/h5,7,9-10,12-13,15-16,18-19,21-22,25,29,34H,3-4,6,8,11,14,17,20,23-24,26-28,30-33H2,1-2H3,(H,38,39)(H,40,41)/b7-5-,10-9-,13-12-,16-15-,19-18-,22-21-,29-25-. The molecule has 240 valence electrons. The molecule has 0 aliphatic heterocycles. The van der Waals surface area contributed by atoms with Crippen molar-refractivity contribution in [3.05, 3.63) is 85.1 Å². The van der Waals surface area contributed by atoms with E-state index in [2.05, 4.69) is 92.1 Å². The lowest BCUT2D eigenvalue weighted by molar-refractivity contribution is -0.147. The summed E-state index contributed by atoms with van der Waals surface area (Å²) >= 11 is 0. The predicted molar refractivity (Wildman–Crippen MR) is 180 cm³/mol. The van der Waals surface area contributed by atoms with Crippen LogP contribution in [0.2, 0.25) is 0 Å². The van der Waals surface area contributed by atoms with Crippen molar-refractivity contribution in [1.82, 2.24) is 5.32 Å². The van der Waals surface area contributed by atoms with Crippen LogP contribution in [0.5, 0.6) is 0 Å². The number of rotatable bonds is 27. The molecule has 0 aromatic rings. The monoisotopic (exact) mass is 595 g/mol. The molecule has 0 spiro atoms. The van der Waals surface area contributed by atoms with Gasteiger partial charge in [-0.05, 0) is 76.7 Å². The molecule has 0 aromatic heterocycles. The summed E-state index contributed by atoms with van der Waals surface area (Å²) in [6.45, 7) is 3.92. The summed E-state index contributed by atoms with van der Waals surface area (Å²) in [5.74, 6) is -1.45. The second-order valence-corrected chi connectivity index (χ2v) is 10.3. The largest absolute Gasteiger partial charge is 0.480 e. The molecule has 1 unspecified atom stereocenters. The Morgan fingerprint density at radius 1 is 0.651 bits per heavy atom. The van der Waals surface area contributed by atoms with Gasteiger partial charge in [0.2, 0.25) is 5.91 Å². The first kappa shape index (κ1) is 39.6. The molecule has 0 radical (unpaired) electrons. The third-order valence-electron chi connectivity index (χ3n) is 6.28. The van der Waals surface area contributed by atoms with Crippen molar-refractivity contribution in [1.29, 1.82) is 0 Å². The zero-order chi connectivity index (χ0) is 31.6. The summed E-state index contributed by atoms with van der Waals surface area (Å²) in [5, 5.41) is 11.0. The zero-order valence-electron chi connectivity index (χ0n) is 26.8. The lowest BCUT2D eigenvalue weighted by Crippen LogP contribution is -2.28. The summed E-state index contributed by atoms with van der Waals surface area (Å²) in [6.07, 6.45) is 43.2. The third kappa shape index (κ3) is 31.4. The van der Waals surface area contributed by atoms with Crippen molar-refractivity contribution < 1.29 is 24.2 Å². The van der Waals surface area contributed by atoms with Crippen LogP contribution in [0.15, 0.2) is 85.1 Å². The maximum Gasteiger partial charge on any atom is 0.322 e. The Kier molecular flexibility index (Phi) is 29.0. The molecule has 43 heavy (non-hydrogen) atoms. The Labute approximate surface area is 261 Å². The normalized spacial score (nSPS) is 13.2. The highest BCUT2D eigenvalue weighted by atomic mass is 16.5. The number of carbonyl (C=O) groups is 3. The molecule has 0 heterocycles. The molecule has 0 aliphatic carbocycles. The van der Waals surface area contributed by atoms with E-state index in [1.54, 1.807) is 0 Å². The van der Waals surface area contributed by atoms with Gasteiger partial charge in [-0.1, -0.05) is 112 Å². The quantitative estimate of drug-likeness (QED) is 0.0561. The van der Waals surface area contributed by atoms with Gasteiger partial charge in [0.25, 0.3) is 0 Å². The van der Waals surface area contributed by atoms with E-state index in [1.807, 2.05) is 12.2 Å². The van der Waals surface area contributed by atoms with Crippen molar-refractivity contribution in [2.24, 2.45) is 0 Å². The average molecular weight is 596 g/mol. The van der Waals surface area contributed by atoms with Crippen LogP contribution in [0.1, 0.15) is 117 Å². The van der Waals surface area contributed by atoms with Crippen LogP contribution in [0.25, 0.3) is 0 Å². The minimum absolute atomic E-state index is 0.180. The Hall–Kier alpha value is -3.41. The van der Waals surface area contributed by atoms with E-state index in [4.69, 9.17) is 9.84 Å². The van der Waals surface area contributed by atoms with Crippen LogP contribution in [-0.2, 0) is 19.1 Å². The van der Waals surface area contributed by atoms with Gasteiger partial charge < -0.3 is 15.2 Å². The van der Waals surface area contributed by atoms with E-state index >= 15 is 0 Å². The molecule has 0 aromatic carbocycles. The number of carboxylic acid groups (broad SMARTS) is 1. The predicted octanol–water partition coefficient (Wildman–Crippen LogP) is 9.27. The lowest BCUT2D eigenvalue weighted by Gasteiger charge is -2.14. The molecule has 2 N–H and O–H groups in total. The van der Waals surface area contributed by atoms with Gasteiger partial charge in [0, 0.05) is 12.8 Å². The first-order valence-corrected chi connectivity index (χ1v) is 16.2. The van der Waals surface area contributed by atoms with Crippen molar-refractivity contribution in [3.8, 4) is 0 Å². The highest BCUT2D eigenvalue weighted by molar-refractivity contribution is 5.80. The number of ether oxygens (including phenoxy) is 1. The highest BCUT2D eigenvalue weighted by Crippen LogP contribution is 2.13. The van der Waals surface area contributed by atoms with E-state index in [9.17, 15) is 14.4 Å². The molecule has 1 atom stereocenters. The molecule has 6 heteroatoms. The van der Waals surface area contributed by atoms with Crippen LogP contribution in [-0.4, -0.2) is 35.6 Å². The number of hydrogen-bond donors (Lipinski definition) is 2.